The van der Waals surface area contributed by atoms with Crippen LogP contribution in [0.15, 0.2) is 324 Å². The summed E-state index contributed by atoms with van der Waals surface area (Å²) < 4.78 is 13.7. The minimum absolute atomic E-state index is 0.720. The third-order valence-corrected chi connectivity index (χ3v) is 17.6. The van der Waals surface area contributed by atoms with Gasteiger partial charge in [-0.25, -0.2) is 0 Å². The van der Waals surface area contributed by atoms with E-state index >= 15 is 0 Å². The molecule has 1 aliphatic carbocycles. The summed E-state index contributed by atoms with van der Waals surface area (Å²) in [5, 5.41) is 9.02. The van der Waals surface area contributed by atoms with Gasteiger partial charge in [0.1, 0.15) is 11.2 Å². The van der Waals surface area contributed by atoms with E-state index in [-0.39, 0.29) is 0 Å². The van der Waals surface area contributed by atoms with E-state index in [1.807, 2.05) is 12.1 Å². The average molecular weight is 1090 g/mol. The van der Waals surface area contributed by atoms with Crippen LogP contribution in [0.25, 0.3) is 98.8 Å². The topological polar surface area (TPSA) is 32.8 Å². The van der Waals surface area contributed by atoms with E-state index in [4.69, 9.17) is 8.83 Å². The zero-order chi connectivity index (χ0) is 56.0. The van der Waals surface area contributed by atoms with Gasteiger partial charge in [0, 0.05) is 44.3 Å². The molecule has 0 saturated heterocycles. The number of rotatable bonds is 10. The van der Waals surface area contributed by atoms with Crippen molar-refractivity contribution in [2.45, 2.75) is 5.41 Å². The second-order valence-corrected chi connectivity index (χ2v) is 22.3. The molecule has 0 unspecified atom stereocenters. The van der Waals surface area contributed by atoms with Gasteiger partial charge in [0.15, 0.2) is 11.2 Å². The molecule has 14 aromatic carbocycles. The van der Waals surface area contributed by atoms with E-state index in [1.54, 1.807) is 0 Å². The highest BCUT2D eigenvalue weighted by molar-refractivity contribution is 6.13. The Labute approximate surface area is 492 Å². The van der Waals surface area contributed by atoms with Crippen LogP contribution in [0.5, 0.6) is 0 Å². The van der Waals surface area contributed by atoms with Gasteiger partial charge in [-0.15, -0.1) is 0 Å². The standard InChI is InChI=1S/C81H52N2O2/c1-5-21-53(22-6-1)55-25-17-31-61(49-55)82(73-37-19-35-71-67-33-13-15-39-75(67)84-79(71)73)63-43-47-65-57(51-63)41-45-69-70-46-42-58-52-64(44-48-66(58)78(70)81(77(65)69,59-27-9-3-10-28-59)60-29-11-4-12-30-60)83(62-32-18-26-56(50-62)54-23-7-2-8-24-54)74-38-20-36-72-68-34-14-16-40-76(68)85-80(72)74/h1-52H. The predicted molar refractivity (Wildman–Crippen MR) is 354 cm³/mol. The molecule has 4 heteroatoms. The molecule has 398 valence electrons. The Morgan fingerprint density at radius 2 is 0.612 bits per heavy atom. The van der Waals surface area contributed by atoms with Gasteiger partial charge in [0.2, 0.25) is 0 Å². The van der Waals surface area contributed by atoms with Gasteiger partial charge in [-0.1, -0.05) is 243 Å². The van der Waals surface area contributed by atoms with Crippen LogP contribution >= 0.6 is 0 Å². The first kappa shape index (κ1) is 48.5. The van der Waals surface area contributed by atoms with Gasteiger partial charge in [-0.2, -0.15) is 0 Å². The summed E-state index contributed by atoms with van der Waals surface area (Å²) >= 11 is 0. The van der Waals surface area contributed by atoms with Crippen LogP contribution in [0.3, 0.4) is 0 Å². The SMILES string of the molecule is c1ccc(-c2cccc(N(c3ccc4c5c(ccc4c3)-c3ccc4cc(N(c6cccc(-c7ccccc7)c6)c6cccc7c6oc6ccccc67)ccc4c3C5(c3ccccc3)c3ccccc3)c3cccc4c3oc3ccccc34)c2)cc1. The number of anilines is 6. The fourth-order valence-corrected chi connectivity index (χ4v) is 14.0. The molecule has 0 N–H and O–H groups in total. The second-order valence-electron chi connectivity index (χ2n) is 22.3. The molecule has 2 aromatic heterocycles. The highest BCUT2D eigenvalue weighted by Crippen LogP contribution is 2.61. The Bertz CT molecular complexity index is 4930. The fraction of sp³-hybridized carbons (Fsp3) is 0.0123. The molecule has 17 rings (SSSR count). The molecule has 0 bridgehead atoms. The molecule has 0 fully saturated rings. The highest BCUT2D eigenvalue weighted by Gasteiger charge is 2.48. The summed E-state index contributed by atoms with van der Waals surface area (Å²) in [6, 6.07) is 115. The van der Waals surface area contributed by atoms with E-state index in [1.165, 1.54) is 44.2 Å². The van der Waals surface area contributed by atoms with Crippen molar-refractivity contribution in [3.05, 3.63) is 338 Å². The maximum atomic E-state index is 6.83. The summed E-state index contributed by atoms with van der Waals surface area (Å²) in [4.78, 5) is 4.75. The monoisotopic (exact) mass is 1080 g/mol. The van der Waals surface area contributed by atoms with Crippen LogP contribution in [0, 0.1) is 0 Å². The number of hydrogen-bond acceptors (Lipinski definition) is 4. The van der Waals surface area contributed by atoms with E-state index < -0.39 is 5.41 Å². The molecular formula is C81H52N2O2. The molecular weight excluding hydrogens is 1030 g/mol. The van der Waals surface area contributed by atoms with Crippen molar-refractivity contribution in [2.24, 2.45) is 0 Å². The lowest BCUT2D eigenvalue weighted by Crippen LogP contribution is -2.29. The fourth-order valence-electron chi connectivity index (χ4n) is 14.0. The lowest BCUT2D eigenvalue weighted by molar-refractivity contribution is 0.668. The lowest BCUT2D eigenvalue weighted by atomic mass is 9.66. The third kappa shape index (κ3) is 7.62. The van der Waals surface area contributed by atoms with E-state index in [0.717, 1.165) is 111 Å². The van der Waals surface area contributed by atoms with Crippen molar-refractivity contribution >= 4 is 99.5 Å². The third-order valence-electron chi connectivity index (χ3n) is 17.6. The molecule has 0 saturated carbocycles. The largest absolute Gasteiger partial charge is 0.454 e. The summed E-state index contributed by atoms with van der Waals surface area (Å²) in [5.41, 5.74) is 20.8. The number of hydrogen-bond donors (Lipinski definition) is 0. The van der Waals surface area contributed by atoms with Crippen LogP contribution in [0.4, 0.5) is 34.1 Å². The molecule has 0 spiro atoms. The van der Waals surface area contributed by atoms with Gasteiger partial charge in [-0.05, 0) is 150 Å². The average Bonchev–Trinajstić information content (AvgIpc) is 2.15. The smallest absolute Gasteiger partial charge is 0.159 e. The van der Waals surface area contributed by atoms with Crippen molar-refractivity contribution < 1.29 is 8.83 Å². The van der Waals surface area contributed by atoms with Crippen LogP contribution in [0.1, 0.15) is 22.3 Å². The van der Waals surface area contributed by atoms with Crippen LogP contribution < -0.4 is 9.80 Å². The van der Waals surface area contributed by atoms with Crippen LogP contribution in [-0.4, -0.2) is 0 Å². The molecule has 4 nitrogen and oxygen atoms in total. The number of furan rings is 2. The predicted octanol–water partition coefficient (Wildman–Crippen LogP) is 22.4. The maximum Gasteiger partial charge on any atom is 0.159 e. The second kappa shape index (κ2) is 19.5. The Kier molecular flexibility index (Phi) is 11.1. The molecule has 0 radical (unpaired) electrons. The Balaban J connectivity index is 0.884. The zero-order valence-electron chi connectivity index (χ0n) is 46.2. The molecule has 0 aliphatic heterocycles. The van der Waals surface area contributed by atoms with Crippen molar-refractivity contribution in [2.75, 3.05) is 9.80 Å². The molecule has 1 aliphatic rings. The van der Waals surface area contributed by atoms with E-state index in [2.05, 4.69) is 313 Å². The molecule has 2 heterocycles. The van der Waals surface area contributed by atoms with E-state index in [9.17, 15) is 0 Å². The van der Waals surface area contributed by atoms with Crippen molar-refractivity contribution in [3.8, 4) is 33.4 Å². The first-order chi connectivity index (χ1) is 42.2. The van der Waals surface area contributed by atoms with Crippen molar-refractivity contribution in [1.82, 2.24) is 0 Å². The Hall–Kier alpha value is -11.2. The zero-order valence-corrected chi connectivity index (χ0v) is 46.2. The van der Waals surface area contributed by atoms with Gasteiger partial charge in [0.05, 0.1) is 16.8 Å². The summed E-state index contributed by atoms with van der Waals surface area (Å²) in [5.74, 6) is 0. The molecule has 0 atom stereocenters. The van der Waals surface area contributed by atoms with Crippen molar-refractivity contribution in [3.63, 3.8) is 0 Å². The number of para-hydroxylation sites is 4. The lowest BCUT2D eigenvalue weighted by Gasteiger charge is -2.36. The summed E-state index contributed by atoms with van der Waals surface area (Å²) in [7, 11) is 0. The first-order valence-electron chi connectivity index (χ1n) is 29.1. The normalized spacial score (nSPS) is 12.6. The minimum atomic E-state index is -0.720. The first-order valence-corrected chi connectivity index (χ1v) is 29.1. The van der Waals surface area contributed by atoms with Gasteiger partial charge >= 0.3 is 0 Å². The highest BCUT2D eigenvalue weighted by atomic mass is 16.3. The van der Waals surface area contributed by atoms with Gasteiger partial charge in [0.25, 0.3) is 0 Å². The quantitative estimate of drug-likeness (QED) is 0.137. The summed E-state index contributed by atoms with van der Waals surface area (Å²) in [6.45, 7) is 0. The van der Waals surface area contributed by atoms with Gasteiger partial charge < -0.3 is 18.6 Å². The number of fused-ring (bicyclic) bond motifs is 13. The minimum Gasteiger partial charge on any atom is -0.454 e. The van der Waals surface area contributed by atoms with Gasteiger partial charge in [-0.3, -0.25) is 0 Å². The van der Waals surface area contributed by atoms with Crippen molar-refractivity contribution in [1.29, 1.82) is 0 Å². The Morgan fingerprint density at radius 1 is 0.247 bits per heavy atom. The molecule has 85 heavy (non-hydrogen) atoms. The Morgan fingerprint density at radius 3 is 1.06 bits per heavy atom. The molecule has 16 aromatic rings. The number of nitrogens with zero attached hydrogens (tertiary/aromatic N) is 2. The van der Waals surface area contributed by atoms with Crippen LogP contribution in [0.2, 0.25) is 0 Å². The summed E-state index contributed by atoms with van der Waals surface area (Å²) in [6.07, 6.45) is 0. The molecule has 0 amide bonds. The van der Waals surface area contributed by atoms with E-state index in [0.29, 0.717) is 0 Å². The number of benzene rings is 14. The maximum absolute atomic E-state index is 6.83. The van der Waals surface area contributed by atoms with Crippen LogP contribution in [-0.2, 0) is 5.41 Å².